The molecule has 7 nitrogen and oxygen atoms in total. The SMILES string of the molecule is COc1ccc(C(CNc2oc(-c3cccc4ccccc34)nc2C#N)N(C)C)cc1OC. The zero-order valence-electron chi connectivity index (χ0n) is 19.1. The number of rotatable bonds is 8. The molecule has 0 saturated heterocycles. The molecular formula is C26H26N4O3. The van der Waals surface area contributed by atoms with E-state index in [0.717, 1.165) is 21.9 Å². The van der Waals surface area contributed by atoms with Gasteiger partial charge in [-0.05, 0) is 48.6 Å². The minimum absolute atomic E-state index is 0.0116. The van der Waals surface area contributed by atoms with Gasteiger partial charge in [0, 0.05) is 12.1 Å². The summed E-state index contributed by atoms with van der Waals surface area (Å²) in [6.45, 7) is 0.501. The number of hydrogen-bond acceptors (Lipinski definition) is 7. The van der Waals surface area contributed by atoms with Crippen LogP contribution in [0.4, 0.5) is 5.88 Å². The fourth-order valence-corrected chi connectivity index (χ4v) is 3.89. The first-order valence-electron chi connectivity index (χ1n) is 10.6. The maximum absolute atomic E-state index is 9.66. The van der Waals surface area contributed by atoms with Crippen molar-refractivity contribution in [2.45, 2.75) is 6.04 Å². The number of likely N-dealkylation sites (N-methyl/N-ethyl adjacent to an activating group) is 1. The third kappa shape index (κ3) is 4.47. The van der Waals surface area contributed by atoms with Crippen molar-refractivity contribution in [3.05, 3.63) is 71.9 Å². The summed E-state index contributed by atoms with van der Waals surface area (Å²) in [6.07, 6.45) is 0. The summed E-state index contributed by atoms with van der Waals surface area (Å²) in [5.74, 6) is 2.11. The van der Waals surface area contributed by atoms with E-state index in [1.807, 2.05) is 74.8 Å². The maximum Gasteiger partial charge on any atom is 0.232 e. The summed E-state index contributed by atoms with van der Waals surface area (Å²) in [5.41, 5.74) is 2.11. The van der Waals surface area contributed by atoms with E-state index in [-0.39, 0.29) is 11.7 Å². The predicted octanol–water partition coefficient (Wildman–Crippen LogP) is 5.10. The van der Waals surface area contributed by atoms with Gasteiger partial charge < -0.3 is 24.1 Å². The van der Waals surface area contributed by atoms with Gasteiger partial charge in [-0.1, -0.05) is 42.5 Å². The molecule has 0 amide bonds. The van der Waals surface area contributed by atoms with Crippen LogP contribution in [0.2, 0.25) is 0 Å². The molecular weight excluding hydrogens is 416 g/mol. The average Bonchev–Trinajstić information content (AvgIpc) is 3.26. The number of nitrogens with one attached hydrogen (secondary N) is 1. The Morgan fingerprint density at radius 3 is 2.52 bits per heavy atom. The molecule has 1 N–H and O–H groups in total. The minimum Gasteiger partial charge on any atom is -0.493 e. The fraction of sp³-hybridized carbons (Fsp3) is 0.231. The topological polar surface area (TPSA) is 83.5 Å². The number of nitriles is 1. The van der Waals surface area contributed by atoms with Crippen molar-refractivity contribution in [2.75, 3.05) is 40.2 Å². The van der Waals surface area contributed by atoms with Crippen LogP contribution >= 0.6 is 0 Å². The number of methoxy groups -OCH3 is 2. The highest BCUT2D eigenvalue weighted by atomic mass is 16.5. The summed E-state index contributed by atoms with van der Waals surface area (Å²) in [6, 6.07) is 21.9. The molecule has 168 valence electrons. The van der Waals surface area contributed by atoms with Crippen LogP contribution in [-0.2, 0) is 0 Å². The lowest BCUT2D eigenvalue weighted by atomic mass is 10.0. The molecule has 0 radical (unpaired) electrons. The van der Waals surface area contributed by atoms with E-state index < -0.39 is 0 Å². The van der Waals surface area contributed by atoms with E-state index in [9.17, 15) is 5.26 Å². The number of hydrogen-bond donors (Lipinski definition) is 1. The van der Waals surface area contributed by atoms with Crippen molar-refractivity contribution >= 4 is 16.7 Å². The molecule has 4 rings (SSSR count). The van der Waals surface area contributed by atoms with E-state index >= 15 is 0 Å². The number of fused-ring (bicyclic) bond motifs is 1. The Labute approximate surface area is 193 Å². The molecule has 1 unspecified atom stereocenters. The van der Waals surface area contributed by atoms with Crippen LogP contribution in [-0.4, -0.2) is 44.7 Å². The number of anilines is 1. The molecule has 33 heavy (non-hydrogen) atoms. The van der Waals surface area contributed by atoms with Gasteiger partial charge in [0.05, 0.1) is 20.3 Å². The van der Waals surface area contributed by atoms with Gasteiger partial charge in [-0.3, -0.25) is 0 Å². The van der Waals surface area contributed by atoms with Gasteiger partial charge in [0.15, 0.2) is 11.5 Å². The standard InChI is InChI=1S/C26H26N4O3/c1-30(2)22(18-12-13-23(31-3)24(14-18)32-4)16-28-26-21(15-27)29-25(33-26)20-11-7-9-17-8-5-6-10-19(17)20/h5-14,22,28H,16H2,1-4H3. The zero-order chi connectivity index (χ0) is 23.4. The molecule has 1 heterocycles. The van der Waals surface area contributed by atoms with E-state index in [2.05, 4.69) is 21.3 Å². The lowest BCUT2D eigenvalue weighted by Gasteiger charge is -2.25. The van der Waals surface area contributed by atoms with E-state index in [1.54, 1.807) is 14.2 Å². The van der Waals surface area contributed by atoms with Gasteiger partial charge in [0.2, 0.25) is 17.5 Å². The molecule has 4 aromatic rings. The van der Waals surface area contributed by atoms with Crippen LogP contribution in [0.1, 0.15) is 17.3 Å². The number of aromatic nitrogens is 1. The van der Waals surface area contributed by atoms with Crippen molar-refractivity contribution in [1.29, 1.82) is 5.26 Å². The van der Waals surface area contributed by atoms with E-state index in [0.29, 0.717) is 29.8 Å². The molecule has 0 bridgehead atoms. The third-order valence-corrected chi connectivity index (χ3v) is 5.62. The van der Waals surface area contributed by atoms with Crippen molar-refractivity contribution in [3.8, 4) is 29.0 Å². The molecule has 0 aliphatic rings. The Morgan fingerprint density at radius 1 is 1.03 bits per heavy atom. The van der Waals surface area contributed by atoms with Crippen molar-refractivity contribution < 1.29 is 13.9 Å². The van der Waals surface area contributed by atoms with Crippen molar-refractivity contribution in [2.24, 2.45) is 0 Å². The first-order valence-corrected chi connectivity index (χ1v) is 10.6. The van der Waals surface area contributed by atoms with E-state index in [4.69, 9.17) is 13.9 Å². The Hall–Kier alpha value is -4.02. The summed E-state index contributed by atoms with van der Waals surface area (Å²) in [7, 11) is 7.23. The van der Waals surface area contributed by atoms with Gasteiger partial charge >= 0.3 is 0 Å². The van der Waals surface area contributed by atoms with Gasteiger partial charge in [0.1, 0.15) is 6.07 Å². The summed E-state index contributed by atoms with van der Waals surface area (Å²) >= 11 is 0. The monoisotopic (exact) mass is 442 g/mol. The molecule has 1 atom stereocenters. The zero-order valence-corrected chi connectivity index (χ0v) is 19.1. The molecule has 3 aromatic carbocycles. The second kappa shape index (κ2) is 9.63. The minimum atomic E-state index is -0.0116. The smallest absolute Gasteiger partial charge is 0.232 e. The predicted molar refractivity (Wildman–Crippen MR) is 129 cm³/mol. The average molecular weight is 443 g/mol. The fourth-order valence-electron chi connectivity index (χ4n) is 3.89. The molecule has 0 fully saturated rings. The van der Waals surface area contributed by atoms with Gasteiger partial charge in [0.25, 0.3) is 0 Å². The van der Waals surface area contributed by atoms with Crippen LogP contribution in [0.25, 0.3) is 22.2 Å². The Morgan fingerprint density at radius 2 is 1.79 bits per heavy atom. The Kier molecular flexibility index (Phi) is 6.48. The van der Waals surface area contributed by atoms with Crippen LogP contribution < -0.4 is 14.8 Å². The van der Waals surface area contributed by atoms with Gasteiger partial charge in [-0.15, -0.1) is 0 Å². The first-order chi connectivity index (χ1) is 16.0. The maximum atomic E-state index is 9.66. The second-order valence-corrected chi connectivity index (χ2v) is 7.81. The van der Waals surface area contributed by atoms with Crippen LogP contribution in [0.3, 0.4) is 0 Å². The lowest BCUT2D eigenvalue weighted by Crippen LogP contribution is -2.27. The van der Waals surface area contributed by atoms with Gasteiger partial charge in [-0.25, -0.2) is 0 Å². The summed E-state index contributed by atoms with van der Waals surface area (Å²) < 4.78 is 16.9. The Balaban J connectivity index is 1.62. The van der Waals surface area contributed by atoms with Crippen LogP contribution in [0.5, 0.6) is 11.5 Å². The molecule has 0 saturated carbocycles. The molecule has 7 heteroatoms. The lowest BCUT2D eigenvalue weighted by molar-refractivity contribution is 0.307. The highest BCUT2D eigenvalue weighted by Crippen LogP contribution is 2.33. The highest BCUT2D eigenvalue weighted by Gasteiger charge is 2.20. The molecule has 0 aliphatic carbocycles. The largest absolute Gasteiger partial charge is 0.493 e. The summed E-state index contributed by atoms with van der Waals surface area (Å²) in [5, 5.41) is 15.0. The van der Waals surface area contributed by atoms with Crippen LogP contribution in [0.15, 0.2) is 65.1 Å². The number of benzene rings is 3. The van der Waals surface area contributed by atoms with E-state index in [1.165, 1.54) is 0 Å². The Bertz CT molecular complexity index is 1300. The third-order valence-electron chi connectivity index (χ3n) is 5.62. The van der Waals surface area contributed by atoms with Crippen molar-refractivity contribution in [3.63, 3.8) is 0 Å². The van der Waals surface area contributed by atoms with Crippen molar-refractivity contribution in [1.82, 2.24) is 9.88 Å². The van der Waals surface area contributed by atoms with Crippen LogP contribution in [0, 0.1) is 11.3 Å². The van der Waals surface area contributed by atoms with Gasteiger partial charge in [-0.2, -0.15) is 10.2 Å². The molecule has 0 aliphatic heterocycles. The second-order valence-electron chi connectivity index (χ2n) is 7.81. The normalized spacial score (nSPS) is 11.9. The number of nitrogens with zero attached hydrogens (tertiary/aromatic N) is 3. The first kappa shape index (κ1) is 22.2. The molecule has 1 aromatic heterocycles. The quantitative estimate of drug-likeness (QED) is 0.406. The molecule has 0 spiro atoms. The number of ether oxygens (including phenoxy) is 2. The highest BCUT2D eigenvalue weighted by molar-refractivity contribution is 5.94. The summed E-state index contributed by atoms with van der Waals surface area (Å²) in [4.78, 5) is 6.54. The number of oxazole rings is 1.